The van der Waals surface area contributed by atoms with Crippen molar-refractivity contribution in [2.24, 2.45) is 0 Å². The third-order valence-electron chi connectivity index (χ3n) is 2.34. The van der Waals surface area contributed by atoms with Gasteiger partial charge in [0.1, 0.15) is 5.75 Å². The number of H-pyrrole nitrogens is 1. The van der Waals surface area contributed by atoms with E-state index in [4.69, 9.17) is 5.11 Å². The molecule has 0 saturated carbocycles. The molecule has 8 nitrogen and oxygen atoms in total. The summed E-state index contributed by atoms with van der Waals surface area (Å²) in [5.41, 5.74) is -2.91. The van der Waals surface area contributed by atoms with E-state index in [0.29, 0.717) is 4.68 Å². The number of nitrogens with zero attached hydrogens (tertiary/aromatic N) is 2. The van der Waals surface area contributed by atoms with Crippen molar-refractivity contribution in [3.63, 3.8) is 0 Å². The topological polar surface area (TPSA) is 114 Å². The Labute approximate surface area is 114 Å². The van der Waals surface area contributed by atoms with Gasteiger partial charge in [-0.3, -0.25) is 9.78 Å². The van der Waals surface area contributed by atoms with Crippen LogP contribution in [0.15, 0.2) is 33.9 Å². The number of aromatic amines is 1. The van der Waals surface area contributed by atoms with E-state index in [9.17, 15) is 23.2 Å². The van der Waals surface area contributed by atoms with Crippen molar-refractivity contribution in [2.45, 2.75) is 6.61 Å². The summed E-state index contributed by atoms with van der Waals surface area (Å²) in [4.78, 5) is 35.4. The molecule has 0 amide bonds. The first-order valence-electron chi connectivity index (χ1n) is 5.40. The highest BCUT2D eigenvalue weighted by molar-refractivity contribution is 5.84. The smallest absolute Gasteiger partial charge is 0.387 e. The highest BCUT2D eigenvalue weighted by Crippen LogP contribution is 2.15. The normalized spacial score (nSPS) is 10.6. The maximum Gasteiger partial charge on any atom is 0.387 e. The number of hydrogen-bond donors (Lipinski definition) is 2. The second-order valence-corrected chi connectivity index (χ2v) is 3.70. The first kappa shape index (κ1) is 14.4. The lowest BCUT2D eigenvalue weighted by Gasteiger charge is -2.07. The van der Waals surface area contributed by atoms with Gasteiger partial charge in [0, 0.05) is 0 Å². The Morgan fingerprint density at radius 1 is 1.29 bits per heavy atom. The summed E-state index contributed by atoms with van der Waals surface area (Å²) in [6.07, 6.45) is 0. The molecule has 1 aromatic heterocycles. The fourth-order valence-corrected chi connectivity index (χ4v) is 1.48. The summed E-state index contributed by atoms with van der Waals surface area (Å²) in [6.45, 7) is -3.00. The van der Waals surface area contributed by atoms with Gasteiger partial charge >= 0.3 is 18.3 Å². The quantitative estimate of drug-likeness (QED) is 0.834. The number of ether oxygens (including phenoxy) is 1. The molecule has 1 heterocycles. The molecule has 0 aliphatic rings. The Morgan fingerprint density at radius 2 is 1.90 bits per heavy atom. The minimum Gasteiger partial charge on any atom is -0.476 e. The van der Waals surface area contributed by atoms with Crippen LogP contribution in [0.4, 0.5) is 8.78 Å². The highest BCUT2D eigenvalue weighted by atomic mass is 19.3. The first-order valence-corrected chi connectivity index (χ1v) is 5.40. The van der Waals surface area contributed by atoms with Crippen molar-refractivity contribution in [2.75, 3.05) is 0 Å². The zero-order valence-corrected chi connectivity index (χ0v) is 10.1. The van der Waals surface area contributed by atoms with Crippen molar-refractivity contribution >= 4 is 5.97 Å². The standard InChI is InChI=1S/C11H7F2N3O5/c12-10(13)21-6-3-1-5(2-4-6)16-11(20)14-8(17)7(15-16)9(18)19/h1-4,10H,(H,18,19)(H,14,17,20). The van der Waals surface area contributed by atoms with Crippen molar-refractivity contribution in [3.8, 4) is 11.4 Å². The number of benzene rings is 1. The number of hydrogen-bond acceptors (Lipinski definition) is 5. The molecule has 0 aliphatic carbocycles. The van der Waals surface area contributed by atoms with E-state index in [0.717, 1.165) is 12.1 Å². The molecule has 110 valence electrons. The summed E-state index contributed by atoms with van der Waals surface area (Å²) >= 11 is 0. The molecule has 0 aliphatic heterocycles. The van der Waals surface area contributed by atoms with Crippen LogP contribution >= 0.6 is 0 Å². The van der Waals surface area contributed by atoms with Crippen LogP contribution in [0, 0.1) is 0 Å². The molecular formula is C11H7F2N3O5. The van der Waals surface area contributed by atoms with E-state index in [1.54, 1.807) is 4.98 Å². The molecule has 0 unspecified atom stereocenters. The number of aromatic carboxylic acids is 1. The second kappa shape index (κ2) is 5.53. The van der Waals surface area contributed by atoms with Crippen LogP contribution in [0.3, 0.4) is 0 Å². The maximum atomic E-state index is 12.0. The Morgan fingerprint density at radius 3 is 2.43 bits per heavy atom. The number of halogens is 2. The average Bonchev–Trinajstić information content (AvgIpc) is 2.39. The van der Waals surface area contributed by atoms with E-state index in [-0.39, 0.29) is 11.4 Å². The van der Waals surface area contributed by atoms with Crippen molar-refractivity contribution in [1.82, 2.24) is 14.8 Å². The molecule has 0 spiro atoms. The average molecular weight is 299 g/mol. The van der Waals surface area contributed by atoms with E-state index < -0.39 is 29.5 Å². The summed E-state index contributed by atoms with van der Waals surface area (Å²) < 4.78 is 28.7. The zero-order chi connectivity index (χ0) is 15.6. The first-order chi connectivity index (χ1) is 9.88. The SMILES string of the molecule is O=C(O)c1nn(-c2ccc(OC(F)F)cc2)c(=O)[nH]c1=O. The molecule has 21 heavy (non-hydrogen) atoms. The van der Waals surface area contributed by atoms with Gasteiger partial charge in [-0.25, -0.2) is 9.59 Å². The lowest BCUT2D eigenvalue weighted by atomic mass is 10.3. The minimum absolute atomic E-state index is 0.0698. The van der Waals surface area contributed by atoms with E-state index >= 15 is 0 Å². The fraction of sp³-hybridized carbons (Fsp3) is 0.0909. The van der Waals surface area contributed by atoms with Crippen LogP contribution in [-0.4, -0.2) is 32.5 Å². The largest absolute Gasteiger partial charge is 0.476 e. The summed E-state index contributed by atoms with van der Waals surface area (Å²) in [7, 11) is 0. The van der Waals surface area contributed by atoms with Crippen LogP contribution in [0.1, 0.15) is 10.5 Å². The lowest BCUT2D eigenvalue weighted by Crippen LogP contribution is -2.35. The van der Waals surface area contributed by atoms with Crippen LogP contribution in [-0.2, 0) is 0 Å². The van der Waals surface area contributed by atoms with Crippen molar-refractivity contribution < 1.29 is 23.4 Å². The molecule has 0 fully saturated rings. The monoisotopic (exact) mass is 299 g/mol. The van der Waals surface area contributed by atoms with E-state index in [1.165, 1.54) is 12.1 Å². The van der Waals surface area contributed by atoms with Crippen molar-refractivity contribution in [3.05, 3.63) is 50.8 Å². The van der Waals surface area contributed by atoms with Crippen LogP contribution in [0.5, 0.6) is 5.75 Å². The van der Waals surface area contributed by atoms with Gasteiger partial charge in [-0.2, -0.15) is 18.6 Å². The minimum atomic E-state index is -3.00. The predicted octanol–water partition coefficient (Wildman–Crippen LogP) is 0.220. The van der Waals surface area contributed by atoms with Gasteiger partial charge in [0.2, 0.25) is 5.69 Å². The van der Waals surface area contributed by atoms with Gasteiger partial charge in [-0.1, -0.05) is 0 Å². The summed E-state index contributed by atoms with van der Waals surface area (Å²) in [5.74, 6) is -1.76. The second-order valence-electron chi connectivity index (χ2n) is 3.70. The molecule has 0 bridgehead atoms. The Bertz CT molecular complexity index is 782. The summed E-state index contributed by atoms with van der Waals surface area (Å²) in [5, 5.41) is 12.2. The molecule has 10 heteroatoms. The number of carboxylic acids is 1. The third kappa shape index (κ3) is 3.11. The molecule has 0 radical (unpaired) electrons. The van der Waals surface area contributed by atoms with E-state index in [1.807, 2.05) is 0 Å². The van der Waals surface area contributed by atoms with Crippen LogP contribution < -0.4 is 16.0 Å². The van der Waals surface area contributed by atoms with Gasteiger partial charge in [0.15, 0.2) is 0 Å². The Hall–Kier alpha value is -3.04. The number of nitrogens with one attached hydrogen (secondary N) is 1. The van der Waals surface area contributed by atoms with Crippen LogP contribution in [0.2, 0.25) is 0 Å². The number of aromatic nitrogens is 3. The molecule has 1 aromatic carbocycles. The van der Waals surface area contributed by atoms with Gasteiger partial charge in [0.25, 0.3) is 5.56 Å². The number of carbonyl (C=O) groups is 1. The highest BCUT2D eigenvalue weighted by Gasteiger charge is 2.14. The molecular weight excluding hydrogens is 292 g/mol. The lowest BCUT2D eigenvalue weighted by molar-refractivity contribution is -0.0498. The van der Waals surface area contributed by atoms with Gasteiger partial charge in [-0.05, 0) is 24.3 Å². The predicted molar refractivity (Wildman–Crippen MR) is 64.0 cm³/mol. The Kier molecular flexibility index (Phi) is 3.78. The number of carboxylic acid groups (broad SMARTS) is 1. The molecule has 2 rings (SSSR count). The zero-order valence-electron chi connectivity index (χ0n) is 10.1. The summed E-state index contributed by atoms with van der Waals surface area (Å²) in [6, 6.07) is 4.69. The van der Waals surface area contributed by atoms with Gasteiger partial charge in [0.05, 0.1) is 5.69 Å². The van der Waals surface area contributed by atoms with Gasteiger partial charge in [-0.15, -0.1) is 0 Å². The molecule has 2 N–H and O–H groups in total. The molecule has 0 saturated heterocycles. The fourth-order valence-electron chi connectivity index (χ4n) is 1.48. The third-order valence-corrected chi connectivity index (χ3v) is 2.34. The molecule has 2 aromatic rings. The number of alkyl halides is 2. The molecule has 0 atom stereocenters. The number of rotatable bonds is 4. The van der Waals surface area contributed by atoms with Crippen molar-refractivity contribution in [1.29, 1.82) is 0 Å². The maximum absolute atomic E-state index is 12.0. The van der Waals surface area contributed by atoms with Gasteiger partial charge < -0.3 is 9.84 Å². The van der Waals surface area contributed by atoms with E-state index in [2.05, 4.69) is 9.84 Å². The van der Waals surface area contributed by atoms with Crippen LogP contribution in [0.25, 0.3) is 5.69 Å². The Balaban J connectivity index is 2.47.